The summed E-state index contributed by atoms with van der Waals surface area (Å²) < 4.78 is 24.2. The minimum absolute atomic E-state index is 0.106. The van der Waals surface area contributed by atoms with Gasteiger partial charge in [-0.3, -0.25) is 4.31 Å². The molecular formula is C10H11NO4S. The van der Waals surface area contributed by atoms with Crippen molar-refractivity contribution in [1.82, 2.24) is 0 Å². The molecule has 6 heteroatoms. The molecule has 0 radical (unpaired) electrons. The third-order valence-corrected chi connectivity index (χ3v) is 3.77. The Balaban J connectivity index is 2.53. The molecule has 2 rings (SSSR count). The lowest BCUT2D eigenvalue weighted by molar-refractivity contribution is 0.0697. The quantitative estimate of drug-likeness (QED) is 0.827. The Labute approximate surface area is 93.4 Å². The van der Waals surface area contributed by atoms with Crippen molar-refractivity contribution in [2.75, 3.05) is 17.1 Å². The van der Waals surface area contributed by atoms with Crippen molar-refractivity contribution >= 4 is 21.7 Å². The lowest BCUT2D eigenvalue weighted by Crippen LogP contribution is -2.27. The zero-order valence-electron chi connectivity index (χ0n) is 8.67. The normalized spacial score (nSPS) is 14.9. The maximum Gasteiger partial charge on any atom is 0.335 e. The number of hydrogen-bond acceptors (Lipinski definition) is 3. The highest BCUT2D eigenvalue weighted by Crippen LogP contribution is 2.30. The highest BCUT2D eigenvalue weighted by Gasteiger charge is 2.26. The second-order valence-electron chi connectivity index (χ2n) is 3.73. The molecule has 5 nitrogen and oxygen atoms in total. The first-order valence-corrected chi connectivity index (χ1v) is 6.58. The zero-order valence-corrected chi connectivity index (χ0v) is 9.49. The minimum Gasteiger partial charge on any atom is -0.478 e. The van der Waals surface area contributed by atoms with E-state index >= 15 is 0 Å². The van der Waals surface area contributed by atoms with Gasteiger partial charge >= 0.3 is 5.97 Å². The topological polar surface area (TPSA) is 74.7 Å². The second-order valence-corrected chi connectivity index (χ2v) is 5.64. The van der Waals surface area contributed by atoms with E-state index in [9.17, 15) is 13.2 Å². The van der Waals surface area contributed by atoms with Gasteiger partial charge in [0.15, 0.2) is 0 Å². The van der Waals surface area contributed by atoms with E-state index in [-0.39, 0.29) is 5.56 Å². The summed E-state index contributed by atoms with van der Waals surface area (Å²) in [6.07, 6.45) is 1.75. The number of aromatic carboxylic acids is 1. The van der Waals surface area contributed by atoms with Crippen molar-refractivity contribution in [3.05, 3.63) is 29.3 Å². The van der Waals surface area contributed by atoms with Crippen molar-refractivity contribution < 1.29 is 18.3 Å². The Morgan fingerprint density at radius 2 is 2.12 bits per heavy atom. The fraction of sp³-hybridized carbons (Fsp3) is 0.300. The summed E-state index contributed by atoms with van der Waals surface area (Å²) >= 11 is 0. The highest BCUT2D eigenvalue weighted by atomic mass is 32.2. The van der Waals surface area contributed by atoms with E-state index in [0.717, 1.165) is 11.8 Å². The molecule has 0 unspecified atom stereocenters. The third kappa shape index (κ3) is 1.76. The summed E-state index contributed by atoms with van der Waals surface area (Å²) in [4.78, 5) is 10.8. The summed E-state index contributed by atoms with van der Waals surface area (Å²) in [5, 5.41) is 8.84. The van der Waals surface area contributed by atoms with E-state index in [1.165, 1.54) is 16.4 Å². The van der Waals surface area contributed by atoms with Crippen molar-refractivity contribution in [2.24, 2.45) is 0 Å². The van der Waals surface area contributed by atoms with E-state index in [1.54, 1.807) is 6.07 Å². The molecule has 0 saturated heterocycles. The predicted molar refractivity (Wildman–Crippen MR) is 59.3 cm³/mol. The fourth-order valence-electron chi connectivity index (χ4n) is 1.83. The van der Waals surface area contributed by atoms with Crippen molar-refractivity contribution in [1.29, 1.82) is 0 Å². The van der Waals surface area contributed by atoms with Crippen LogP contribution in [0.2, 0.25) is 0 Å². The van der Waals surface area contributed by atoms with Gasteiger partial charge in [0.2, 0.25) is 10.0 Å². The maximum atomic E-state index is 11.5. The molecule has 1 aliphatic rings. The molecule has 1 aliphatic heterocycles. The van der Waals surface area contributed by atoms with Crippen LogP contribution in [0.5, 0.6) is 0 Å². The summed E-state index contributed by atoms with van der Waals surface area (Å²) in [6.45, 7) is 0.386. The monoisotopic (exact) mass is 241 g/mol. The molecule has 0 spiro atoms. The summed E-state index contributed by atoms with van der Waals surface area (Å²) in [5.74, 6) is -1.05. The number of fused-ring (bicyclic) bond motifs is 1. The molecule has 0 saturated carbocycles. The lowest BCUT2D eigenvalue weighted by atomic mass is 10.1. The molecule has 1 aromatic rings. The molecule has 0 atom stereocenters. The van der Waals surface area contributed by atoms with E-state index in [0.29, 0.717) is 18.7 Å². The lowest BCUT2D eigenvalue weighted by Gasteiger charge is -2.16. The molecule has 1 heterocycles. The van der Waals surface area contributed by atoms with Gasteiger partial charge in [-0.05, 0) is 24.1 Å². The number of carboxylic acids is 1. The summed E-state index contributed by atoms with van der Waals surface area (Å²) in [7, 11) is -3.32. The molecule has 16 heavy (non-hydrogen) atoms. The first-order valence-electron chi connectivity index (χ1n) is 4.73. The molecule has 0 fully saturated rings. The number of anilines is 1. The SMILES string of the molecule is CS(=O)(=O)N1CCc2ccc(C(=O)O)cc21. The molecular weight excluding hydrogens is 230 g/mol. The van der Waals surface area contributed by atoms with Gasteiger partial charge in [0.1, 0.15) is 0 Å². The van der Waals surface area contributed by atoms with Crippen LogP contribution < -0.4 is 4.31 Å². The Hall–Kier alpha value is -1.56. The molecule has 0 aliphatic carbocycles. The van der Waals surface area contributed by atoms with Crippen LogP contribution in [0.3, 0.4) is 0 Å². The smallest absolute Gasteiger partial charge is 0.335 e. The highest BCUT2D eigenvalue weighted by molar-refractivity contribution is 7.92. The number of benzene rings is 1. The van der Waals surface area contributed by atoms with Gasteiger partial charge in [0.25, 0.3) is 0 Å². The van der Waals surface area contributed by atoms with Crippen molar-refractivity contribution in [2.45, 2.75) is 6.42 Å². The van der Waals surface area contributed by atoms with Gasteiger partial charge in [-0.1, -0.05) is 6.07 Å². The first-order chi connectivity index (χ1) is 7.39. The standard InChI is InChI=1S/C10H11NO4S/c1-16(14,15)11-5-4-7-2-3-8(10(12)13)6-9(7)11/h2-3,6H,4-5H2,1H3,(H,12,13). The molecule has 86 valence electrons. The van der Waals surface area contributed by atoms with Crippen LogP contribution in [0, 0.1) is 0 Å². The Bertz CT molecular complexity index is 550. The number of rotatable bonds is 2. The van der Waals surface area contributed by atoms with E-state index < -0.39 is 16.0 Å². The minimum atomic E-state index is -3.32. The first kappa shape index (κ1) is 10.9. The summed E-state index contributed by atoms with van der Waals surface area (Å²) in [5.41, 5.74) is 1.46. The number of sulfonamides is 1. The van der Waals surface area contributed by atoms with Crippen molar-refractivity contribution in [3.63, 3.8) is 0 Å². The Morgan fingerprint density at radius 3 is 2.69 bits per heavy atom. The number of nitrogens with zero attached hydrogens (tertiary/aromatic N) is 1. The average Bonchev–Trinajstić information content (AvgIpc) is 2.58. The predicted octanol–water partition coefficient (Wildman–Crippen LogP) is 0.707. The van der Waals surface area contributed by atoms with Crippen LogP contribution in [0.1, 0.15) is 15.9 Å². The van der Waals surface area contributed by atoms with Crippen LogP contribution in [0.25, 0.3) is 0 Å². The largest absolute Gasteiger partial charge is 0.478 e. The van der Waals surface area contributed by atoms with E-state index in [1.807, 2.05) is 0 Å². The average molecular weight is 241 g/mol. The molecule has 1 aromatic carbocycles. The van der Waals surface area contributed by atoms with Gasteiger partial charge in [-0.25, -0.2) is 13.2 Å². The number of hydrogen-bond donors (Lipinski definition) is 1. The zero-order chi connectivity index (χ0) is 11.9. The van der Waals surface area contributed by atoms with Gasteiger partial charge < -0.3 is 5.11 Å². The van der Waals surface area contributed by atoms with Crippen LogP contribution in [-0.4, -0.2) is 32.3 Å². The van der Waals surface area contributed by atoms with Crippen LogP contribution >= 0.6 is 0 Å². The Kier molecular flexibility index (Phi) is 2.38. The second kappa shape index (κ2) is 3.48. The van der Waals surface area contributed by atoms with Gasteiger partial charge in [-0.15, -0.1) is 0 Å². The van der Waals surface area contributed by atoms with Crippen LogP contribution in [0.4, 0.5) is 5.69 Å². The Morgan fingerprint density at radius 1 is 1.44 bits per heavy atom. The van der Waals surface area contributed by atoms with Crippen LogP contribution in [-0.2, 0) is 16.4 Å². The molecule has 0 bridgehead atoms. The van der Waals surface area contributed by atoms with E-state index in [4.69, 9.17) is 5.11 Å². The molecule has 0 aromatic heterocycles. The number of carbonyl (C=O) groups is 1. The number of carboxylic acid groups (broad SMARTS) is 1. The fourth-order valence-corrected chi connectivity index (χ4v) is 2.78. The maximum absolute atomic E-state index is 11.5. The van der Waals surface area contributed by atoms with E-state index in [2.05, 4.69) is 0 Å². The summed E-state index contributed by atoms with van der Waals surface area (Å²) in [6, 6.07) is 4.57. The molecule has 1 N–H and O–H groups in total. The third-order valence-electron chi connectivity index (χ3n) is 2.59. The van der Waals surface area contributed by atoms with Gasteiger partial charge in [0.05, 0.1) is 17.5 Å². The van der Waals surface area contributed by atoms with Crippen molar-refractivity contribution in [3.8, 4) is 0 Å². The van der Waals surface area contributed by atoms with Crippen LogP contribution in [0.15, 0.2) is 18.2 Å². The molecule has 0 amide bonds. The van der Waals surface area contributed by atoms with Gasteiger partial charge in [0, 0.05) is 6.54 Å². The van der Waals surface area contributed by atoms with Gasteiger partial charge in [-0.2, -0.15) is 0 Å².